The Morgan fingerprint density at radius 2 is 2.06 bits per heavy atom. The molecular formula is C13H24N2O. The fourth-order valence-corrected chi connectivity index (χ4v) is 2.32. The highest BCUT2D eigenvalue weighted by Crippen LogP contribution is 2.33. The maximum atomic E-state index is 11.9. The van der Waals surface area contributed by atoms with Crippen molar-refractivity contribution < 1.29 is 4.79 Å². The van der Waals surface area contributed by atoms with E-state index in [1.807, 2.05) is 4.90 Å². The summed E-state index contributed by atoms with van der Waals surface area (Å²) in [7, 11) is 0. The van der Waals surface area contributed by atoms with Crippen molar-refractivity contribution >= 4 is 5.91 Å². The predicted molar refractivity (Wildman–Crippen MR) is 65.2 cm³/mol. The van der Waals surface area contributed by atoms with Gasteiger partial charge in [-0.3, -0.25) is 4.79 Å². The Morgan fingerprint density at radius 1 is 1.38 bits per heavy atom. The summed E-state index contributed by atoms with van der Waals surface area (Å²) in [6.07, 6.45) is 6.43. The van der Waals surface area contributed by atoms with Gasteiger partial charge in [0.15, 0.2) is 0 Å². The Kier molecular flexibility index (Phi) is 3.85. The molecule has 0 aliphatic heterocycles. The van der Waals surface area contributed by atoms with E-state index < -0.39 is 0 Å². The fourth-order valence-electron chi connectivity index (χ4n) is 2.32. The smallest absolute Gasteiger partial charge is 0.236 e. The largest absolute Gasteiger partial charge is 0.339 e. The minimum atomic E-state index is 0.285. The first kappa shape index (κ1) is 11.9. The number of likely N-dealkylation sites (N-methyl/N-ethyl adjacent to an activating group) is 1. The van der Waals surface area contributed by atoms with Gasteiger partial charge in [0.05, 0.1) is 6.54 Å². The molecule has 1 unspecified atom stereocenters. The molecule has 92 valence electrons. The van der Waals surface area contributed by atoms with Gasteiger partial charge in [0.1, 0.15) is 0 Å². The Balaban J connectivity index is 1.64. The third-order valence-corrected chi connectivity index (χ3v) is 3.63. The van der Waals surface area contributed by atoms with Gasteiger partial charge in [0.25, 0.3) is 0 Å². The molecule has 0 aromatic rings. The summed E-state index contributed by atoms with van der Waals surface area (Å²) in [6.45, 7) is 5.66. The molecule has 0 spiro atoms. The van der Waals surface area contributed by atoms with E-state index in [0.29, 0.717) is 18.6 Å². The average molecular weight is 224 g/mol. The Bertz CT molecular complexity index is 246. The second kappa shape index (κ2) is 5.17. The molecule has 1 atom stereocenters. The average Bonchev–Trinajstić information content (AvgIpc) is 3.08. The number of carbonyl (C=O) groups excluding carboxylic acids is 1. The van der Waals surface area contributed by atoms with Crippen molar-refractivity contribution in [2.45, 2.75) is 58.0 Å². The molecule has 1 amide bonds. The molecule has 16 heavy (non-hydrogen) atoms. The second-order valence-electron chi connectivity index (χ2n) is 5.37. The van der Waals surface area contributed by atoms with E-state index in [0.717, 1.165) is 12.5 Å². The SMILES string of the molecule is CCN(C(=O)CNC(C)CC1CC1)C1CC1. The van der Waals surface area contributed by atoms with Crippen LogP contribution < -0.4 is 5.32 Å². The van der Waals surface area contributed by atoms with Crippen LogP contribution in [0, 0.1) is 5.92 Å². The van der Waals surface area contributed by atoms with Gasteiger partial charge in [-0.2, -0.15) is 0 Å². The molecule has 2 aliphatic carbocycles. The molecule has 2 saturated carbocycles. The molecule has 2 rings (SSSR count). The maximum Gasteiger partial charge on any atom is 0.236 e. The molecule has 0 saturated heterocycles. The summed E-state index contributed by atoms with van der Waals surface area (Å²) in [5.41, 5.74) is 0. The summed E-state index contributed by atoms with van der Waals surface area (Å²) in [5.74, 6) is 1.22. The normalized spacial score (nSPS) is 21.9. The summed E-state index contributed by atoms with van der Waals surface area (Å²) < 4.78 is 0. The number of nitrogens with zero attached hydrogens (tertiary/aromatic N) is 1. The van der Waals surface area contributed by atoms with E-state index in [-0.39, 0.29) is 5.91 Å². The lowest BCUT2D eigenvalue weighted by atomic mass is 10.1. The van der Waals surface area contributed by atoms with E-state index >= 15 is 0 Å². The van der Waals surface area contributed by atoms with Gasteiger partial charge in [0.2, 0.25) is 5.91 Å². The van der Waals surface area contributed by atoms with Crippen LogP contribution in [-0.2, 0) is 4.79 Å². The van der Waals surface area contributed by atoms with Crippen LogP contribution in [-0.4, -0.2) is 36.0 Å². The predicted octanol–water partition coefficient (Wildman–Crippen LogP) is 1.78. The van der Waals surface area contributed by atoms with Crippen molar-refractivity contribution in [3.05, 3.63) is 0 Å². The highest BCUT2D eigenvalue weighted by Gasteiger charge is 2.31. The van der Waals surface area contributed by atoms with Gasteiger partial charge < -0.3 is 10.2 Å². The standard InChI is InChI=1S/C13H24N2O/c1-3-15(12-6-7-12)13(16)9-14-10(2)8-11-4-5-11/h10-12,14H,3-9H2,1-2H3. The summed E-state index contributed by atoms with van der Waals surface area (Å²) >= 11 is 0. The highest BCUT2D eigenvalue weighted by atomic mass is 16.2. The van der Waals surface area contributed by atoms with Crippen molar-refractivity contribution in [3.63, 3.8) is 0 Å². The van der Waals surface area contributed by atoms with Gasteiger partial charge in [-0.15, -0.1) is 0 Å². The van der Waals surface area contributed by atoms with Gasteiger partial charge in [-0.05, 0) is 39.0 Å². The van der Waals surface area contributed by atoms with E-state index in [2.05, 4.69) is 19.2 Å². The first-order chi connectivity index (χ1) is 7.70. The molecule has 3 nitrogen and oxygen atoms in total. The van der Waals surface area contributed by atoms with Crippen molar-refractivity contribution in [2.75, 3.05) is 13.1 Å². The molecule has 3 heteroatoms. The van der Waals surface area contributed by atoms with Gasteiger partial charge in [-0.1, -0.05) is 12.8 Å². The molecule has 2 aliphatic rings. The molecule has 0 radical (unpaired) electrons. The van der Waals surface area contributed by atoms with Crippen molar-refractivity contribution in [2.24, 2.45) is 5.92 Å². The van der Waals surface area contributed by atoms with Crippen LogP contribution in [0.1, 0.15) is 46.0 Å². The summed E-state index contributed by atoms with van der Waals surface area (Å²) in [4.78, 5) is 13.9. The molecule has 1 N–H and O–H groups in total. The number of hydrogen-bond donors (Lipinski definition) is 1. The number of carbonyl (C=O) groups is 1. The summed E-state index contributed by atoms with van der Waals surface area (Å²) in [6, 6.07) is 1.05. The van der Waals surface area contributed by atoms with Crippen molar-refractivity contribution in [1.29, 1.82) is 0 Å². The van der Waals surface area contributed by atoms with Crippen LogP contribution in [0.2, 0.25) is 0 Å². The van der Waals surface area contributed by atoms with Crippen LogP contribution in [0.3, 0.4) is 0 Å². The van der Waals surface area contributed by atoms with E-state index in [9.17, 15) is 4.79 Å². The third-order valence-electron chi connectivity index (χ3n) is 3.63. The van der Waals surface area contributed by atoms with Gasteiger partial charge in [-0.25, -0.2) is 0 Å². The monoisotopic (exact) mass is 224 g/mol. The number of nitrogens with one attached hydrogen (secondary N) is 1. The highest BCUT2D eigenvalue weighted by molar-refractivity contribution is 5.78. The van der Waals surface area contributed by atoms with Crippen LogP contribution >= 0.6 is 0 Å². The fraction of sp³-hybridized carbons (Fsp3) is 0.923. The molecule has 0 bridgehead atoms. The Labute approximate surface area is 98.6 Å². The van der Waals surface area contributed by atoms with E-state index in [1.54, 1.807) is 0 Å². The zero-order chi connectivity index (χ0) is 11.5. The quantitative estimate of drug-likeness (QED) is 0.715. The Morgan fingerprint density at radius 3 is 2.56 bits per heavy atom. The first-order valence-corrected chi connectivity index (χ1v) is 6.73. The zero-order valence-corrected chi connectivity index (χ0v) is 10.5. The third kappa shape index (κ3) is 3.48. The summed E-state index contributed by atoms with van der Waals surface area (Å²) in [5, 5.41) is 3.36. The minimum Gasteiger partial charge on any atom is -0.339 e. The first-order valence-electron chi connectivity index (χ1n) is 6.73. The minimum absolute atomic E-state index is 0.285. The zero-order valence-electron chi connectivity index (χ0n) is 10.5. The number of amides is 1. The van der Waals surface area contributed by atoms with Crippen LogP contribution in [0.4, 0.5) is 0 Å². The van der Waals surface area contributed by atoms with E-state index in [1.165, 1.54) is 32.1 Å². The van der Waals surface area contributed by atoms with Gasteiger partial charge >= 0.3 is 0 Å². The lowest BCUT2D eigenvalue weighted by Gasteiger charge is -2.22. The van der Waals surface area contributed by atoms with Gasteiger partial charge in [0, 0.05) is 18.6 Å². The molecule has 0 aromatic carbocycles. The second-order valence-corrected chi connectivity index (χ2v) is 5.37. The lowest BCUT2D eigenvalue weighted by Crippen LogP contribution is -2.42. The topological polar surface area (TPSA) is 32.3 Å². The van der Waals surface area contributed by atoms with Crippen LogP contribution in [0.25, 0.3) is 0 Å². The maximum absolute atomic E-state index is 11.9. The number of rotatable bonds is 7. The van der Waals surface area contributed by atoms with Crippen molar-refractivity contribution in [3.8, 4) is 0 Å². The Hall–Kier alpha value is -0.570. The molecule has 2 fully saturated rings. The number of hydrogen-bond acceptors (Lipinski definition) is 2. The molecule has 0 heterocycles. The lowest BCUT2D eigenvalue weighted by molar-refractivity contribution is -0.130. The van der Waals surface area contributed by atoms with Crippen molar-refractivity contribution in [1.82, 2.24) is 10.2 Å². The van der Waals surface area contributed by atoms with Crippen LogP contribution in [0.15, 0.2) is 0 Å². The molecule has 0 aromatic heterocycles. The molecular weight excluding hydrogens is 200 g/mol. The van der Waals surface area contributed by atoms with E-state index in [4.69, 9.17) is 0 Å². The van der Waals surface area contributed by atoms with Crippen LogP contribution in [0.5, 0.6) is 0 Å².